The first-order valence-electron chi connectivity index (χ1n) is 4.33. The van der Waals surface area contributed by atoms with Crippen LogP contribution in [-0.2, 0) is 14.4 Å². The smallest absolute Gasteiger partial charge is 0.338 e. The fourth-order valence-corrected chi connectivity index (χ4v) is 1.14. The maximum Gasteiger partial charge on any atom is 0.359 e. The van der Waals surface area contributed by atoms with Crippen LogP contribution in [0.25, 0.3) is 0 Å². The number of azo groups is 1. The van der Waals surface area contributed by atoms with Crippen LogP contribution in [0.5, 0.6) is 0 Å². The Kier molecular flexibility index (Phi) is 3.33. The molecule has 1 aliphatic rings. The quantitative estimate of drug-likeness (QED) is 0.612. The van der Waals surface area contributed by atoms with Crippen molar-refractivity contribution in [2.24, 2.45) is 16.1 Å². The van der Waals surface area contributed by atoms with Gasteiger partial charge in [-0.3, -0.25) is 4.79 Å². The van der Waals surface area contributed by atoms with Crippen LogP contribution in [0.2, 0.25) is 0 Å². The Morgan fingerprint density at radius 1 is 1.47 bits per heavy atom. The molecule has 1 aliphatic heterocycles. The third-order valence-corrected chi connectivity index (χ3v) is 1.92. The minimum atomic E-state index is -0.947. The lowest BCUT2D eigenvalue weighted by Crippen LogP contribution is -2.35. The van der Waals surface area contributed by atoms with E-state index in [1.54, 1.807) is 6.92 Å². The molecule has 1 heterocycles. The van der Waals surface area contributed by atoms with Gasteiger partial charge in [-0.15, -0.1) is 0 Å². The van der Waals surface area contributed by atoms with Gasteiger partial charge in [0.05, 0.1) is 12.1 Å². The predicted molar refractivity (Wildman–Crippen MR) is 47.1 cm³/mol. The molecule has 1 rings (SSSR count). The van der Waals surface area contributed by atoms with Crippen LogP contribution in [0.15, 0.2) is 10.2 Å². The highest BCUT2D eigenvalue weighted by molar-refractivity contribution is 5.80. The highest BCUT2D eigenvalue weighted by Gasteiger charge is 2.39. The monoisotopic (exact) mass is 210 g/mol. The SMILES string of the molecule is CC(=O)NOC(=O)C1N=NC(C)C1C#N. The Balaban J connectivity index is 2.57. The van der Waals surface area contributed by atoms with Gasteiger partial charge >= 0.3 is 5.97 Å². The van der Waals surface area contributed by atoms with Crippen molar-refractivity contribution in [2.45, 2.75) is 25.9 Å². The van der Waals surface area contributed by atoms with Crippen molar-refractivity contribution in [3.63, 3.8) is 0 Å². The summed E-state index contributed by atoms with van der Waals surface area (Å²) in [7, 11) is 0. The topological polar surface area (TPSA) is 104 Å². The van der Waals surface area contributed by atoms with Crippen molar-refractivity contribution in [1.29, 1.82) is 5.26 Å². The van der Waals surface area contributed by atoms with E-state index in [1.807, 2.05) is 11.5 Å². The molecule has 0 aromatic rings. The van der Waals surface area contributed by atoms with E-state index in [9.17, 15) is 9.59 Å². The van der Waals surface area contributed by atoms with Gasteiger partial charge in [0.1, 0.15) is 5.92 Å². The minimum Gasteiger partial charge on any atom is -0.338 e. The third kappa shape index (κ3) is 2.49. The first kappa shape index (κ1) is 11.1. The summed E-state index contributed by atoms with van der Waals surface area (Å²) in [6, 6.07) is 0.655. The number of hydrogen-bond acceptors (Lipinski definition) is 6. The molecule has 7 heteroatoms. The standard InChI is InChI=1S/C8H10N4O3/c1-4-6(3-9)7(11-10-4)8(14)15-12-5(2)13/h4,6-7H,1-2H3,(H,12,13). The Morgan fingerprint density at radius 3 is 2.67 bits per heavy atom. The van der Waals surface area contributed by atoms with Gasteiger partial charge in [0, 0.05) is 6.92 Å². The Bertz CT molecular complexity index is 346. The van der Waals surface area contributed by atoms with E-state index in [-0.39, 0.29) is 6.04 Å². The van der Waals surface area contributed by atoms with Gasteiger partial charge in [-0.25, -0.2) is 4.79 Å². The van der Waals surface area contributed by atoms with E-state index in [2.05, 4.69) is 15.1 Å². The fraction of sp³-hybridized carbons (Fsp3) is 0.625. The summed E-state index contributed by atoms with van der Waals surface area (Å²) < 4.78 is 0. The maximum atomic E-state index is 11.3. The number of carbonyl (C=O) groups excluding carboxylic acids is 2. The molecule has 80 valence electrons. The van der Waals surface area contributed by atoms with E-state index in [4.69, 9.17) is 5.26 Å². The summed E-state index contributed by atoms with van der Waals surface area (Å²) in [5, 5.41) is 16.1. The normalized spacial score (nSPS) is 28.2. The van der Waals surface area contributed by atoms with Gasteiger partial charge < -0.3 is 4.84 Å². The van der Waals surface area contributed by atoms with Crippen molar-refractivity contribution < 1.29 is 14.4 Å². The first-order chi connectivity index (χ1) is 7.06. The number of amides is 1. The summed E-state index contributed by atoms with van der Waals surface area (Å²) >= 11 is 0. The van der Waals surface area contributed by atoms with Crippen LogP contribution in [0.4, 0.5) is 0 Å². The number of carbonyl (C=O) groups is 2. The van der Waals surface area contributed by atoms with Crippen molar-refractivity contribution in [3.05, 3.63) is 0 Å². The summed E-state index contributed by atoms with van der Waals surface area (Å²) in [4.78, 5) is 26.2. The molecule has 0 aromatic heterocycles. The molecule has 3 unspecified atom stereocenters. The van der Waals surface area contributed by atoms with Crippen LogP contribution < -0.4 is 5.48 Å². The molecule has 0 spiro atoms. The largest absolute Gasteiger partial charge is 0.359 e. The zero-order valence-electron chi connectivity index (χ0n) is 8.30. The lowest BCUT2D eigenvalue weighted by molar-refractivity contribution is -0.159. The molecule has 0 saturated carbocycles. The maximum absolute atomic E-state index is 11.3. The summed E-state index contributed by atoms with van der Waals surface area (Å²) in [6.07, 6.45) is 0. The number of hydroxylamine groups is 1. The Labute approximate surface area is 86.1 Å². The third-order valence-electron chi connectivity index (χ3n) is 1.92. The highest BCUT2D eigenvalue weighted by Crippen LogP contribution is 2.23. The van der Waals surface area contributed by atoms with Crippen LogP contribution >= 0.6 is 0 Å². The van der Waals surface area contributed by atoms with Gasteiger partial charge in [-0.05, 0) is 6.92 Å². The number of nitriles is 1. The molecular formula is C8H10N4O3. The molecule has 0 saturated heterocycles. The molecule has 1 N–H and O–H groups in total. The molecule has 0 aromatic carbocycles. The molecule has 1 amide bonds. The molecule has 15 heavy (non-hydrogen) atoms. The van der Waals surface area contributed by atoms with Gasteiger partial charge in [-0.1, -0.05) is 0 Å². The van der Waals surface area contributed by atoms with Gasteiger partial charge in [0.2, 0.25) is 5.91 Å². The molecule has 0 bridgehead atoms. The van der Waals surface area contributed by atoms with E-state index in [0.29, 0.717) is 0 Å². The molecule has 3 atom stereocenters. The van der Waals surface area contributed by atoms with Crippen LogP contribution in [0, 0.1) is 17.2 Å². The molecule has 0 radical (unpaired) electrons. The number of rotatable bonds is 1. The second kappa shape index (κ2) is 4.50. The zero-order chi connectivity index (χ0) is 11.4. The van der Waals surface area contributed by atoms with Gasteiger partial charge in [0.15, 0.2) is 6.04 Å². The minimum absolute atomic E-state index is 0.329. The van der Waals surface area contributed by atoms with Crippen molar-refractivity contribution >= 4 is 11.9 Å². The van der Waals surface area contributed by atoms with Crippen LogP contribution in [0.3, 0.4) is 0 Å². The second-order valence-electron chi connectivity index (χ2n) is 3.15. The molecular weight excluding hydrogens is 200 g/mol. The van der Waals surface area contributed by atoms with Crippen molar-refractivity contribution in [1.82, 2.24) is 5.48 Å². The van der Waals surface area contributed by atoms with E-state index in [0.717, 1.165) is 0 Å². The lowest BCUT2D eigenvalue weighted by atomic mass is 9.97. The fourth-order valence-electron chi connectivity index (χ4n) is 1.14. The summed E-state index contributed by atoms with van der Waals surface area (Å²) in [5.41, 5.74) is 1.88. The first-order valence-corrected chi connectivity index (χ1v) is 4.33. The average Bonchev–Trinajstić information content (AvgIpc) is 2.55. The average molecular weight is 210 g/mol. The number of hydrogen-bond donors (Lipinski definition) is 1. The van der Waals surface area contributed by atoms with E-state index < -0.39 is 23.8 Å². The van der Waals surface area contributed by atoms with Crippen molar-refractivity contribution in [2.75, 3.05) is 0 Å². The van der Waals surface area contributed by atoms with E-state index >= 15 is 0 Å². The Morgan fingerprint density at radius 2 is 2.13 bits per heavy atom. The summed E-state index contributed by atoms with van der Waals surface area (Å²) in [6.45, 7) is 2.89. The molecule has 7 nitrogen and oxygen atoms in total. The zero-order valence-corrected chi connectivity index (χ0v) is 8.30. The molecule has 0 aliphatic carbocycles. The van der Waals surface area contributed by atoms with Gasteiger partial charge in [-0.2, -0.15) is 21.0 Å². The Hall–Kier alpha value is -1.97. The lowest BCUT2D eigenvalue weighted by Gasteiger charge is -2.10. The van der Waals surface area contributed by atoms with Crippen LogP contribution in [-0.4, -0.2) is 24.0 Å². The highest BCUT2D eigenvalue weighted by atomic mass is 16.7. The predicted octanol–water partition coefficient (Wildman–Crippen LogP) is -0.0566. The van der Waals surface area contributed by atoms with Crippen molar-refractivity contribution in [3.8, 4) is 6.07 Å². The van der Waals surface area contributed by atoms with Crippen LogP contribution in [0.1, 0.15) is 13.8 Å². The summed E-state index contributed by atoms with van der Waals surface area (Å²) in [5.74, 6) is -1.91. The number of nitrogens with zero attached hydrogens (tertiary/aromatic N) is 3. The van der Waals surface area contributed by atoms with E-state index in [1.165, 1.54) is 6.92 Å². The second-order valence-corrected chi connectivity index (χ2v) is 3.15. The molecule has 0 fully saturated rings. The number of nitrogens with one attached hydrogen (secondary N) is 1. The van der Waals surface area contributed by atoms with Gasteiger partial charge in [0.25, 0.3) is 0 Å².